The maximum atomic E-state index is 13.5. The second kappa shape index (κ2) is 8.01. The second-order valence-electron chi connectivity index (χ2n) is 9.64. The number of hydrogen-bond donors (Lipinski definition) is 1. The Balaban J connectivity index is 1.42. The van der Waals surface area contributed by atoms with E-state index in [1.54, 1.807) is 6.92 Å². The third-order valence-corrected chi connectivity index (χ3v) is 7.29. The molecule has 0 spiro atoms. The minimum atomic E-state index is -4.88. The summed E-state index contributed by atoms with van der Waals surface area (Å²) >= 11 is 0. The van der Waals surface area contributed by atoms with Crippen LogP contribution in [0.3, 0.4) is 0 Å². The summed E-state index contributed by atoms with van der Waals surface area (Å²) in [5.74, 6) is -4.13. The van der Waals surface area contributed by atoms with Crippen LogP contribution in [0.1, 0.15) is 31.4 Å². The van der Waals surface area contributed by atoms with E-state index in [2.05, 4.69) is 5.32 Å². The molecule has 3 saturated heterocycles. The number of rotatable bonds is 3. The SMILES string of the molecule is CC12CC(OC(=O)Nc3ccc(F)cc3)C(C)(O1)C1C(=O)N(c3ccc(C#N)c(C(F)(F)F)c3)C(=O)C12. The number of hydrogen-bond acceptors (Lipinski definition) is 6. The predicted molar refractivity (Wildman–Crippen MR) is 118 cm³/mol. The maximum absolute atomic E-state index is 13.5. The largest absolute Gasteiger partial charge is 0.443 e. The first-order valence-corrected chi connectivity index (χ1v) is 11.2. The van der Waals surface area contributed by atoms with Crippen molar-refractivity contribution < 1.29 is 41.4 Å². The summed E-state index contributed by atoms with van der Waals surface area (Å²) in [5, 5.41) is 11.5. The van der Waals surface area contributed by atoms with Gasteiger partial charge in [-0.15, -0.1) is 0 Å². The Morgan fingerprint density at radius 3 is 2.41 bits per heavy atom. The molecule has 192 valence electrons. The highest BCUT2D eigenvalue weighted by molar-refractivity contribution is 6.23. The van der Waals surface area contributed by atoms with E-state index < -0.39 is 70.2 Å². The van der Waals surface area contributed by atoms with Crippen molar-refractivity contribution in [3.8, 4) is 6.07 Å². The van der Waals surface area contributed by atoms with E-state index in [9.17, 15) is 31.9 Å². The molecule has 37 heavy (non-hydrogen) atoms. The van der Waals surface area contributed by atoms with Gasteiger partial charge in [-0.2, -0.15) is 18.4 Å². The highest BCUT2D eigenvalue weighted by Gasteiger charge is 2.77. The summed E-state index contributed by atoms with van der Waals surface area (Å²) in [6, 6.07) is 9.04. The zero-order valence-electron chi connectivity index (χ0n) is 19.4. The lowest BCUT2D eigenvalue weighted by Crippen LogP contribution is -2.51. The minimum absolute atomic E-state index is 0.0650. The molecule has 3 amide bonds. The van der Waals surface area contributed by atoms with E-state index in [1.165, 1.54) is 25.1 Å². The summed E-state index contributed by atoms with van der Waals surface area (Å²) in [6.07, 6.45) is -6.65. The second-order valence-corrected chi connectivity index (χ2v) is 9.64. The number of anilines is 2. The van der Waals surface area contributed by atoms with Gasteiger partial charge in [-0.25, -0.2) is 14.1 Å². The van der Waals surface area contributed by atoms with E-state index in [1.807, 2.05) is 0 Å². The number of nitrogens with zero attached hydrogens (tertiary/aromatic N) is 2. The molecule has 2 bridgehead atoms. The number of fused-ring (bicyclic) bond motifs is 5. The normalized spacial score (nSPS) is 30.3. The van der Waals surface area contributed by atoms with Crippen molar-refractivity contribution in [2.45, 2.75) is 43.8 Å². The maximum Gasteiger partial charge on any atom is 0.417 e. The number of nitrogens with one attached hydrogen (secondary N) is 1. The molecule has 1 N–H and O–H groups in total. The van der Waals surface area contributed by atoms with Gasteiger partial charge in [0.15, 0.2) is 0 Å². The zero-order chi connectivity index (χ0) is 26.9. The molecule has 3 aliphatic rings. The number of ether oxygens (including phenoxy) is 2. The molecule has 2 aromatic carbocycles. The zero-order valence-corrected chi connectivity index (χ0v) is 19.4. The molecular weight excluding hydrogens is 498 g/mol. The van der Waals surface area contributed by atoms with Gasteiger partial charge in [0.05, 0.1) is 40.3 Å². The van der Waals surface area contributed by atoms with Crippen molar-refractivity contribution in [3.63, 3.8) is 0 Å². The minimum Gasteiger partial charge on any atom is -0.443 e. The Labute approximate surface area is 207 Å². The topological polar surface area (TPSA) is 109 Å². The average Bonchev–Trinajstić information content (AvgIpc) is 3.34. The van der Waals surface area contributed by atoms with E-state index in [0.29, 0.717) is 11.0 Å². The molecule has 0 aromatic heterocycles. The van der Waals surface area contributed by atoms with Crippen LogP contribution in [0.15, 0.2) is 42.5 Å². The number of alkyl halides is 3. The highest BCUT2D eigenvalue weighted by Crippen LogP contribution is 2.61. The van der Waals surface area contributed by atoms with Gasteiger partial charge in [0.2, 0.25) is 11.8 Å². The molecule has 3 aliphatic heterocycles. The first-order valence-electron chi connectivity index (χ1n) is 11.2. The Hall–Kier alpha value is -3.98. The molecule has 5 rings (SSSR count). The lowest BCUT2D eigenvalue weighted by Gasteiger charge is -2.34. The van der Waals surface area contributed by atoms with Crippen LogP contribution in [0.25, 0.3) is 0 Å². The van der Waals surface area contributed by atoms with E-state index >= 15 is 0 Å². The Kier molecular flexibility index (Phi) is 5.35. The lowest BCUT2D eigenvalue weighted by atomic mass is 9.67. The van der Waals surface area contributed by atoms with Crippen LogP contribution in [0.4, 0.5) is 33.7 Å². The summed E-state index contributed by atoms with van der Waals surface area (Å²) in [5.41, 5.74) is -4.60. The quantitative estimate of drug-likeness (QED) is 0.478. The smallest absolute Gasteiger partial charge is 0.417 e. The Bertz CT molecular complexity index is 1370. The van der Waals surface area contributed by atoms with Gasteiger partial charge in [0.1, 0.15) is 17.5 Å². The first kappa shape index (κ1) is 24.7. The molecule has 0 radical (unpaired) electrons. The highest BCUT2D eigenvalue weighted by atomic mass is 19.4. The van der Waals surface area contributed by atoms with Gasteiger partial charge in [-0.3, -0.25) is 14.9 Å². The molecule has 8 nitrogen and oxygen atoms in total. The van der Waals surface area contributed by atoms with Crippen LogP contribution in [-0.4, -0.2) is 35.2 Å². The monoisotopic (exact) mass is 517 g/mol. The number of benzene rings is 2. The lowest BCUT2D eigenvalue weighted by molar-refractivity contribution is -0.138. The van der Waals surface area contributed by atoms with E-state index in [0.717, 1.165) is 24.3 Å². The number of carbonyl (C=O) groups excluding carboxylic acids is 3. The average molecular weight is 517 g/mol. The van der Waals surface area contributed by atoms with Gasteiger partial charge in [-0.1, -0.05) is 0 Å². The number of carbonyl (C=O) groups is 3. The van der Waals surface area contributed by atoms with Crippen molar-refractivity contribution in [2.75, 3.05) is 10.2 Å². The fourth-order valence-corrected chi connectivity index (χ4v) is 5.72. The van der Waals surface area contributed by atoms with E-state index in [4.69, 9.17) is 14.7 Å². The number of nitriles is 1. The van der Waals surface area contributed by atoms with Gasteiger partial charge in [0, 0.05) is 12.1 Å². The Morgan fingerprint density at radius 1 is 1.14 bits per heavy atom. The number of halogens is 4. The van der Waals surface area contributed by atoms with Crippen molar-refractivity contribution in [3.05, 3.63) is 59.4 Å². The fraction of sp³-hybridized carbons (Fsp3) is 0.360. The van der Waals surface area contributed by atoms with Gasteiger partial charge in [-0.05, 0) is 56.3 Å². The van der Waals surface area contributed by atoms with Crippen molar-refractivity contribution >= 4 is 29.3 Å². The molecule has 12 heteroatoms. The van der Waals surface area contributed by atoms with Crippen LogP contribution in [-0.2, 0) is 25.2 Å². The standard InChI is InChI=1S/C25H19F4N3O5/c1-23-10-17(36-22(35)31-14-6-4-13(26)5-7-14)24(2,37-23)19-18(23)20(33)32(21(19)34)15-8-3-12(11-30)16(9-15)25(27,28)29/h3-9,17-19H,10H2,1-2H3,(H,31,35). The third kappa shape index (κ3) is 3.72. The summed E-state index contributed by atoms with van der Waals surface area (Å²) in [7, 11) is 0. The van der Waals surface area contributed by atoms with Crippen molar-refractivity contribution in [1.82, 2.24) is 0 Å². The van der Waals surface area contributed by atoms with Crippen molar-refractivity contribution in [2.24, 2.45) is 11.8 Å². The predicted octanol–water partition coefficient (Wildman–Crippen LogP) is 4.39. The van der Waals surface area contributed by atoms with E-state index in [-0.39, 0.29) is 17.8 Å². The Morgan fingerprint density at radius 2 is 1.78 bits per heavy atom. The number of amides is 3. The molecule has 3 fully saturated rings. The van der Waals surface area contributed by atoms with Crippen LogP contribution in [0.5, 0.6) is 0 Å². The summed E-state index contributed by atoms with van der Waals surface area (Å²) < 4.78 is 65.2. The van der Waals surface area contributed by atoms with Crippen LogP contribution < -0.4 is 10.2 Å². The van der Waals surface area contributed by atoms with Gasteiger partial charge >= 0.3 is 12.3 Å². The molecular formula is C25H19F4N3O5. The molecule has 2 aromatic rings. The van der Waals surface area contributed by atoms with Crippen molar-refractivity contribution in [1.29, 1.82) is 5.26 Å². The first-order chi connectivity index (χ1) is 17.3. The molecule has 5 unspecified atom stereocenters. The molecule has 0 aliphatic carbocycles. The van der Waals surface area contributed by atoms with Crippen LogP contribution >= 0.6 is 0 Å². The summed E-state index contributed by atoms with van der Waals surface area (Å²) in [4.78, 5) is 40.1. The molecule has 3 heterocycles. The van der Waals surface area contributed by atoms with Crippen LogP contribution in [0, 0.1) is 29.0 Å². The third-order valence-electron chi connectivity index (χ3n) is 7.29. The van der Waals surface area contributed by atoms with Crippen LogP contribution in [0.2, 0.25) is 0 Å². The number of imide groups is 1. The molecule has 5 atom stereocenters. The fourth-order valence-electron chi connectivity index (χ4n) is 5.72. The van der Waals surface area contributed by atoms with Gasteiger partial charge in [0.25, 0.3) is 0 Å². The summed E-state index contributed by atoms with van der Waals surface area (Å²) in [6.45, 7) is 3.11. The molecule has 0 saturated carbocycles. The van der Waals surface area contributed by atoms with Gasteiger partial charge < -0.3 is 9.47 Å².